The van der Waals surface area contributed by atoms with E-state index in [-0.39, 0.29) is 17.4 Å². The van der Waals surface area contributed by atoms with E-state index in [0.717, 1.165) is 5.56 Å². The summed E-state index contributed by atoms with van der Waals surface area (Å²) in [7, 11) is -3.93. The lowest BCUT2D eigenvalue weighted by Crippen LogP contribution is -2.45. The van der Waals surface area contributed by atoms with E-state index in [1.165, 1.54) is 24.3 Å². The number of ether oxygens (including phenoxy) is 1. The average molecular weight is 463 g/mol. The molecule has 0 aliphatic carbocycles. The van der Waals surface area contributed by atoms with Crippen LogP contribution in [0.5, 0.6) is 0 Å². The maximum Gasteiger partial charge on any atom is 0.324 e. The first-order valence-electron chi connectivity index (χ1n) is 9.63. The molecule has 164 valence electrons. The highest BCUT2D eigenvalue weighted by atomic mass is 35.5. The van der Waals surface area contributed by atoms with Crippen LogP contribution in [0, 0.1) is 12.8 Å². The largest absolute Gasteiger partial charge is 0.458 e. The fourth-order valence-corrected chi connectivity index (χ4v) is 4.26. The second kappa shape index (κ2) is 9.64. The van der Waals surface area contributed by atoms with Gasteiger partial charge in [-0.15, -0.1) is 0 Å². The van der Waals surface area contributed by atoms with E-state index in [1.807, 2.05) is 30.3 Å². The fourth-order valence-electron chi connectivity index (χ4n) is 2.80. The van der Waals surface area contributed by atoms with E-state index < -0.39 is 22.0 Å². The van der Waals surface area contributed by atoms with Gasteiger partial charge in [0, 0.05) is 10.6 Å². The van der Waals surface area contributed by atoms with Crippen molar-refractivity contribution in [2.45, 2.75) is 38.3 Å². The van der Waals surface area contributed by atoms with Gasteiger partial charge in [0.05, 0.1) is 4.90 Å². The molecule has 1 atom stereocenters. The van der Waals surface area contributed by atoms with Crippen LogP contribution in [0.4, 0.5) is 0 Å². The van der Waals surface area contributed by atoms with Crippen LogP contribution >= 0.6 is 11.6 Å². The summed E-state index contributed by atoms with van der Waals surface area (Å²) in [5.41, 5.74) is 1.27. The Balaban J connectivity index is 1.70. The fraction of sp³-hybridized carbons (Fsp3) is 0.273. The molecule has 3 rings (SSSR count). The van der Waals surface area contributed by atoms with Crippen LogP contribution in [0.1, 0.15) is 25.3 Å². The number of oxazole rings is 1. The Bertz CT molecular complexity index is 1140. The number of carbonyl (C=O) groups excluding carboxylic acids is 1. The van der Waals surface area contributed by atoms with Crippen molar-refractivity contribution in [3.63, 3.8) is 0 Å². The zero-order chi connectivity index (χ0) is 22.6. The summed E-state index contributed by atoms with van der Waals surface area (Å²) < 4.78 is 38.8. The Morgan fingerprint density at radius 1 is 1.13 bits per heavy atom. The molecular weight excluding hydrogens is 440 g/mol. The normalized spacial score (nSPS) is 12.7. The van der Waals surface area contributed by atoms with Crippen molar-refractivity contribution in [3.8, 4) is 11.5 Å². The van der Waals surface area contributed by atoms with Gasteiger partial charge < -0.3 is 9.15 Å². The smallest absolute Gasteiger partial charge is 0.324 e. The number of nitrogens with one attached hydrogen (secondary N) is 1. The second-order valence-electron chi connectivity index (χ2n) is 7.29. The molecule has 1 heterocycles. The average Bonchev–Trinajstić information content (AvgIpc) is 3.11. The molecule has 0 fully saturated rings. The molecule has 0 unspecified atom stereocenters. The highest BCUT2D eigenvalue weighted by Gasteiger charge is 2.30. The van der Waals surface area contributed by atoms with Crippen LogP contribution < -0.4 is 4.72 Å². The number of carbonyl (C=O) groups is 1. The third kappa shape index (κ3) is 5.72. The van der Waals surface area contributed by atoms with Crippen LogP contribution in [0.2, 0.25) is 5.02 Å². The number of esters is 1. The first-order valence-corrected chi connectivity index (χ1v) is 11.5. The summed E-state index contributed by atoms with van der Waals surface area (Å²) in [6.07, 6.45) is 0. The molecule has 0 bridgehead atoms. The summed E-state index contributed by atoms with van der Waals surface area (Å²) in [5.74, 6) is -0.0912. The predicted molar refractivity (Wildman–Crippen MR) is 117 cm³/mol. The molecule has 1 N–H and O–H groups in total. The van der Waals surface area contributed by atoms with Gasteiger partial charge in [-0.2, -0.15) is 4.72 Å². The van der Waals surface area contributed by atoms with E-state index in [2.05, 4.69) is 9.71 Å². The van der Waals surface area contributed by atoms with Crippen molar-refractivity contribution in [2.75, 3.05) is 0 Å². The minimum absolute atomic E-state index is 0.00944. The van der Waals surface area contributed by atoms with Gasteiger partial charge in [0.25, 0.3) is 0 Å². The Labute approximate surface area is 186 Å². The number of halogens is 1. The first-order chi connectivity index (χ1) is 14.7. The van der Waals surface area contributed by atoms with E-state index in [4.69, 9.17) is 20.8 Å². The number of aromatic nitrogens is 1. The molecule has 0 spiro atoms. The van der Waals surface area contributed by atoms with Gasteiger partial charge in [-0.3, -0.25) is 4.79 Å². The van der Waals surface area contributed by atoms with Crippen LogP contribution in [0.15, 0.2) is 63.9 Å². The molecule has 0 amide bonds. The monoisotopic (exact) mass is 462 g/mol. The molecule has 9 heteroatoms. The number of hydrogen-bond acceptors (Lipinski definition) is 6. The van der Waals surface area contributed by atoms with Crippen LogP contribution in [0.3, 0.4) is 0 Å². The van der Waals surface area contributed by atoms with Crippen molar-refractivity contribution in [1.29, 1.82) is 0 Å². The molecule has 0 aliphatic rings. The number of sulfonamides is 1. The predicted octanol–water partition coefficient (Wildman–Crippen LogP) is 4.35. The third-order valence-corrected chi connectivity index (χ3v) is 6.30. The van der Waals surface area contributed by atoms with Gasteiger partial charge in [0.1, 0.15) is 24.1 Å². The molecule has 2 aromatic carbocycles. The van der Waals surface area contributed by atoms with Gasteiger partial charge >= 0.3 is 5.97 Å². The summed E-state index contributed by atoms with van der Waals surface area (Å²) in [5, 5.41) is 0.414. The zero-order valence-electron chi connectivity index (χ0n) is 17.3. The topological polar surface area (TPSA) is 98.5 Å². The first kappa shape index (κ1) is 23.0. The van der Waals surface area contributed by atoms with E-state index in [0.29, 0.717) is 22.4 Å². The molecule has 0 saturated heterocycles. The van der Waals surface area contributed by atoms with Crippen molar-refractivity contribution in [3.05, 3.63) is 71.1 Å². The lowest BCUT2D eigenvalue weighted by molar-refractivity contribution is -0.148. The number of benzene rings is 2. The van der Waals surface area contributed by atoms with E-state index in [9.17, 15) is 13.2 Å². The van der Waals surface area contributed by atoms with Gasteiger partial charge in [-0.25, -0.2) is 13.4 Å². The Kier molecular flexibility index (Phi) is 7.15. The molecule has 7 nitrogen and oxygen atoms in total. The lowest BCUT2D eigenvalue weighted by atomic mass is 10.1. The maximum absolute atomic E-state index is 12.7. The summed E-state index contributed by atoms with van der Waals surface area (Å²) in [6.45, 7) is 5.05. The summed E-state index contributed by atoms with van der Waals surface area (Å²) in [6, 6.07) is 14.0. The van der Waals surface area contributed by atoms with Crippen LogP contribution in [-0.4, -0.2) is 25.4 Å². The summed E-state index contributed by atoms with van der Waals surface area (Å²) >= 11 is 5.82. The molecule has 0 saturated carbocycles. The molecule has 1 aromatic heterocycles. The van der Waals surface area contributed by atoms with Crippen molar-refractivity contribution >= 4 is 27.6 Å². The molecule has 31 heavy (non-hydrogen) atoms. The zero-order valence-corrected chi connectivity index (χ0v) is 18.9. The van der Waals surface area contributed by atoms with Gasteiger partial charge in [-0.05, 0) is 49.2 Å². The van der Waals surface area contributed by atoms with Crippen LogP contribution in [0.25, 0.3) is 11.5 Å². The van der Waals surface area contributed by atoms with Crippen molar-refractivity contribution in [1.82, 2.24) is 9.71 Å². The van der Waals surface area contributed by atoms with Crippen molar-refractivity contribution < 1.29 is 22.4 Å². The van der Waals surface area contributed by atoms with Gasteiger partial charge in [-0.1, -0.05) is 43.6 Å². The third-order valence-electron chi connectivity index (χ3n) is 4.59. The number of nitrogens with zero attached hydrogens (tertiary/aromatic N) is 1. The van der Waals surface area contributed by atoms with Gasteiger partial charge in [0.2, 0.25) is 15.9 Å². The highest BCUT2D eigenvalue weighted by Crippen LogP contribution is 2.22. The number of rotatable bonds is 8. The molecule has 3 aromatic rings. The van der Waals surface area contributed by atoms with Crippen molar-refractivity contribution in [2.24, 2.45) is 5.92 Å². The summed E-state index contributed by atoms with van der Waals surface area (Å²) in [4.78, 5) is 17.1. The molecular formula is C22H23ClN2O5S. The Morgan fingerprint density at radius 3 is 2.39 bits per heavy atom. The standard InChI is InChI=1S/C22H23ClN2O5S/c1-14(2)20(25-31(27,28)18-11-9-17(23)10-12-18)22(26)29-13-19-15(3)30-21(24-19)16-7-5-4-6-8-16/h4-12,14,20,25H,13H2,1-3H3/t20-/m0/s1. The van der Waals surface area contributed by atoms with E-state index in [1.54, 1.807) is 20.8 Å². The minimum atomic E-state index is -3.93. The Hall–Kier alpha value is -2.68. The van der Waals surface area contributed by atoms with E-state index >= 15 is 0 Å². The second-order valence-corrected chi connectivity index (χ2v) is 9.44. The maximum atomic E-state index is 12.7. The van der Waals surface area contributed by atoms with Crippen LogP contribution in [-0.2, 0) is 26.2 Å². The van der Waals surface area contributed by atoms with Gasteiger partial charge in [0.15, 0.2) is 0 Å². The molecule has 0 radical (unpaired) electrons. The lowest BCUT2D eigenvalue weighted by Gasteiger charge is -2.20. The SMILES string of the molecule is Cc1oc(-c2ccccc2)nc1COC(=O)[C@@H](NS(=O)(=O)c1ccc(Cl)cc1)C(C)C. The number of aryl methyl sites for hydroxylation is 1. The quantitative estimate of drug-likeness (QED) is 0.500. The minimum Gasteiger partial charge on any atom is -0.458 e. The number of hydrogen-bond donors (Lipinski definition) is 1. The Morgan fingerprint density at radius 2 is 1.77 bits per heavy atom. The highest BCUT2D eigenvalue weighted by molar-refractivity contribution is 7.89. The molecule has 0 aliphatic heterocycles.